The molecule has 2 aliphatic rings. The fourth-order valence-corrected chi connectivity index (χ4v) is 4.29. The van der Waals surface area contributed by atoms with Gasteiger partial charge < -0.3 is 14.8 Å². The van der Waals surface area contributed by atoms with Gasteiger partial charge in [-0.3, -0.25) is 4.90 Å². The number of rotatable bonds is 0. The van der Waals surface area contributed by atoms with Crippen molar-refractivity contribution in [1.29, 1.82) is 0 Å². The average Bonchev–Trinajstić information content (AvgIpc) is 2.97. The van der Waals surface area contributed by atoms with E-state index in [-0.39, 0.29) is 11.4 Å². The highest BCUT2D eigenvalue weighted by Crippen LogP contribution is 2.39. The van der Waals surface area contributed by atoms with Crippen molar-refractivity contribution in [2.24, 2.45) is 0 Å². The van der Waals surface area contributed by atoms with Gasteiger partial charge in [-0.15, -0.1) is 0 Å². The first-order valence-electron chi connectivity index (χ1n) is 9.41. The molecule has 2 aliphatic heterocycles. The minimum absolute atomic E-state index is 0.125. The van der Waals surface area contributed by atoms with E-state index < -0.39 is 0 Å². The molecule has 1 N–H and O–H groups in total. The van der Waals surface area contributed by atoms with Gasteiger partial charge in [0.15, 0.2) is 0 Å². The molecule has 0 bridgehead atoms. The van der Waals surface area contributed by atoms with Crippen molar-refractivity contribution < 1.29 is 4.79 Å². The molecule has 0 unspecified atom stereocenters. The molecule has 1 aromatic carbocycles. The van der Waals surface area contributed by atoms with Crippen LogP contribution in [0.5, 0.6) is 0 Å². The fraction of sp³-hybridized carbons (Fsp3) is 0.476. The first kappa shape index (κ1) is 17.2. The Bertz CT molecular complexity index is 871. The number of nitrogens with zero attached hydrogens (tertiary/aromatic N) is 3. The summed E-state index contributed by atoms with van der Waals surface area (Å²) in [5.41, 5.74) is 4.62. The zero-order chi connectivity index (χ0) is 18.5. The highest BCUT2D eigenvalue weighted by atomic mass is 16.2. The largest absolute Gasteiger partial charge is 0.355 e. The standard InChI is InChI=1S/C21H28N4O/c1-15-13-25(20(26)24-11-9-23(4)10-12-24)14-21(2,3)18-16-7-5-6-8-17(16)22-19(15)18/h5-8,13,22H,9-12,14H2,1-4H3. The number of para-hydroxylation sites is 1. The Hall–Kier alpha value is -2.27. The number of aromatic nitrogens is 1. The van der Waals surface area contributed by atoms with E-state index in [0.717, 1.165) is 43.0 Å². The highest BCUT2D eigenvalue weighted by Gasteiger charge is 2.35. The summed E-state index contributed by atoms with van der Waals surface area (Å²) in [5, 5.41) is 1.26. The van der Waals surface area contributed by atoms with Crippen LogP contribution in [0.2, 0.25) is 0 Å². The SMILES string of the molecule is CC1=CN(C(=O)N2CCN(C)CC2)CC(C)(C)c2c1[nH]c1ccccc21. The topological polar surface area (TPSA) is 42.6 Å². The van der Waals surface area contributed by atoms with Gasteiger partial charge in [-0.2, -0.15) is 0 Å². The zero-order valence-corrected chi connectivity index (χ0v) is 16.2. The van der Waals surface area contributed by atoms with E-state index in [9.17, 15) is 4.79 Å². The van der Waals surface area contributed by atoms with Crippen LogP contribution in [0.1, 0.15) is 32.0 Å². The second-order valence-electron chi connectivity index (χ2n) is 8.32. The third kappa shape index (κ3) is 2.80. The van der Waals surface area contributed by atoms with Crippen LogP contribution in [-0.2, 0) is 5.41 Å². The van der Waals surface area contributed by atoms with E-state index in [0.29, 0.717) is 6.54 Å². The maximum absolute atomic E-state index is 13.2. The molecule has 2 amide bonds. The molecule has 1 aromatic heterocycles. The minimum atomic E-state index is -0.133. The fourth-order valence-electron chi connectivity index (χ4n) is 4.29. The number of piperazine rings is 1. The van der Waals surface area contributed by atoms with Crippen molar-refractivity contribution >= 4 is 22.5 Å². The summed E-state index contributed by atoms with van der Waals surface area (Å²) in [5.74, 6) is 0. The van der Waals surface area contributed by atoms with Crippen molar-refractivity contribution in [2.75, 3.05) is 39.8 Å². The molecule has 5 nitrogen and oxygen atoms in total. The molecule has 138 valence electrons. The molecule has 4 rings (SSSR count). The summed E-state index contributed by atoms with van der Waals surface area (Å²) in [7, 11) is 2.11. The molecule has 2 aromatic rings. The van der Waals surface area contributed by atoms with E-state index in [1.165, 1.54) is 10.9 Å². The molecular formula is C21H28N4O. The van der Waals surface area contributed by atoms with Crippen molar-refractivity contribution in [1.82, 2.24) is 19.7 Å². The number of amides is 2. The Balaban J connectivity index is 1.71. The molecule has 0 saturated carbocycles. The van der Waals surface area contributed by atoms with Crippen LogP contribution in [0.4, 0.5) is 4.79 Å². The Labute approximate surface area is 155 Å². The Morgan fingerprint density at radius 2 is 1.81 bits per heavy atom. The van der Waals surface area contributed by atoms with E-state index in [2.05, 4.69) is 62.0 Å². The summed E-state index contributed by atoms with van der Waals surface area (Å²) >= 11 is 0. The Morgan fingerprint density at radius 1 is 1.12 bits per heavy atom. The number of urea groups is 1. The summed E-state index contributed by atoms with van der Waals surface area (Å²) in [4.78, 5) is 22.9. The summed E-state index contributed by atoms with van der Waals surface area (Å²) in [6, 6.07) is 8.58. The predicted octanol–water partition coefficient (Wildman–Crippen LogP) is 3.49. The summed E-state index contributed by atoms with van der Waals surface area (Å²) in [6.45, 7) is 10.7. The van der Waals surface area contributed by atoms with Gasteiger partial charge in [0.2, 0.25) is 0 Å². The number of H-pyrrole nitrogens is 1. The molecule has 3 heterocycles. The molecular weight excluding hydrogens is 324 g/mol. The second kappa shape index (κ2) is 6.16. The smallest absolute Gasteiger partial charge is 0.324 e. The van der Waals surface area contributed by atoms with Crippen molar-refractivity contribution in [3.8, 4) is 0 Å². The van der Waals surface area contributed by atoms with Crippen LogP contribution in [0.3, 0.4) is 0 Å². The average molecular weight is 352 g/mol. The van der Waals surface area contributed by atoms with E-state index >= 15 is 0 Å². The van der Waals surface area contributed by atoms with E-state index in [4.69, 9.17) is 0 Å². The van der Waals surface area contributed by atoms with Gasteiger partial charge >= 0.3 is 6.03 Å². The zero-order valence-electron chi connectivity index (χ0n) is 16.2. The van der Waals surface area contributed by atoms with Gasteiger partial charge in [0.05, 0.1) is 0 Å². The van der Waals surface area contributed by atoms with Gasteiger partial charge in [-0.25, -0.2) is 4.79 Å². The first-order valence-corrected chi connectivity index (χ1v) is 9.41. The number of aromatic amines is 1. The number of nitrogens with one attached hydrogen (secondary N) is 1. The molecule has 0 spiro atoms. The molecule has 26 heavy (non-hydrogen) atoms. The van der Waals surface area contributed by atoms with Crippen molar-refractivity contribution in [2.45, 2.75) is 26.2 Å². The maximum Gasteiger partial charge on any atom is 0.324 e. The number of hydrogen-bond acceptors (Lipinski definition) is 2. The van der Waals surface area contributed by atoms with Gasteiger partial charge in [0, 0.05) is 60.9 Å². The molecule has 0 aliphatic carbocycles. The van der Waals surface area contributed by atoms with E-state index in [1.54, 1.807) is 0 Å². The van der Waals surface area contributed by atoms with Crippen LogP contribution in [0, 0.1) is 0 Å². The lowest BCUT2D eigenvalue weighted by Gasteiger charge is -2.37. The lowest BCUT2D eigenvalue weighted by Crippen LogP contribution is -2.52. The predicted molar refractivity (Wildman–Crippen MR) is 106 cm³/mol. The Kier molecular flexibility index (Phi) is 4.07. The summed E-state index contributed by atoms with van der Waals surface area (Å²) in [6.07, 6.45) is 2.03. The van der Waals surface area contributed by atoms with Crippen LogP contribution >= 0.6 is 0 Å². The lowest BCUT2D eigenvalue weighted by molar-refractivity contribution is 0.129. The normalized spacial score (nSPS) is 20.7. The maximum atomic E-state index is 13.2. The molecule has 5 heteroatoms. The van der Waals surface area contributed by atoms with E-state index in [1.807, 2.05) is 16.0 Å². The van der Waals surface area contributed by atoms with Crippen LogP contribution < -0.4 is 0 Å². The number of likely N-dealkylation sites (N-methyl/N-ethyl adjacent to an activating group) is 1. The quantitative estimate of drug-likeness (QED) is 0.789. The lowest BCUT2D eigenvalue weighted by atomic mass is 9.82. The van der Waals surface area contributed by atoms with Gasteiger partial charge in [0.25, 0.3) is 0 Å². The number of fused-ring (bicyclic) bond motifs is 3. The summed E-state index contributed by atoms with van der Waals surface area (Å²) < 4.78 is 0. The van der Waals surface area contributed by atoms with Crippen molar-refractivity contribution in [3.05, 3.63) is 41.7 Å². The monoisotopic (exact) mass is 352 g/mol. The van der Waals surface area contributed by atoms with Crippen LogP contribution in [0.25, 0.3) is 16.5 Å². The number of allylic oxidation sites excluding steroid dienone is 1. The van der Waals surface area contributed by atoms with Gasteiger partial charge in [-0.05, 0) is 31.2 Å². The van der Waals surface area contributed by atoms with Crippen LogP contribution in [-0.4, -0.2) is 65.5 Å². The molecule has 0 radical (unpaired) electrons. The highest BCUT2D eigenvalue weighted by molar-refractivity contribution is 5.91. The number of hydrogen-bond donors (Lipinski definition) is 1. The molecule has 0 atom stereocenters. The van der Waals surface area contributed by atoms with Gasteiger partial charge in [-0.1, -0.05) is 32.0 Å². The third-order valence-electron chi connectivity index (χ3n) is 5.71. The first-order chi connectivity index (χ1) is 12.4. The number of carbonyl (C=O) groups is 1. The minimum Gasteiger partial charge on any atom is -0.355 e. The number of benzene rings is 1. The Morgan fingerprint density at radius 3 is 2.54 bits per heavy atom. The third-order valence-corrected chi connectivity index (χ3v) is 5.71. The van der Waals surface area contributed by atoms with Crippen LogP contribution in [0.15, 0.2) is 30.5 Å². The van der Waals surface area contributed by atoms with Crippen molar-refractivity contribution in [3.63, 3.8) is 0 Å². The van der Waals surface area contributed by atoms with Gasteiger partial charge in [0.1, 0.15) is 0 Å². The number of carbonyl (C=O) groups excluding carboxylic acids is 1. The molecule has 1 fully saturated rings. The molecule has 1 saturated heterocycles. The second-order valence-corrected chi connectivity index (χ2v) is 8.32.